The zero-order chi connectivity index (χ0) is 41.4. The van der Waals surface area contributed by atoms with E-state index in [9.17, 15) is 0 Å². The highest BCUT2D eigenvalue weighted by Gasteiger charge is 2.44. The molecule has 5 heteroatoms. The summed E-state index contributed by atoms with van der Waals surface area (Å²) in [5, 5.41) is 0. The number of hydrogen-bond acceptors (Lipinski definition) is 1. The summed E-state index contributed by atoms with van der Waals surface area (Å²) >= 11 is 1.59. The third-order valence-electron chi connectivity index (χ3n) is 14.5. The van der Waals surface area contributed by atoms with Gasteiger partial charge in [-0.3, -0.25) is 0 Å². The fraction of sp³-hybridized carbons (Fsp3) is 0.250. The summed E-state index contributed by atoms with van der Waals surface area (Å²) in [6.07, 6.45) is 25.3. The van der Waals surface area contributed by atoms with Crippen molar-refractivity contribution in [2.24, 2.45) is 17.8 Å². The Balaban J connectivity index is 1.01. The van der Waals surface area contributed by atoms with Crippen molar-refractivity contribution in [3.8, 4) is 11.1 Å². The molecular formula is C56H47F3IN. The van der Waals surface area contributed by atoms with Crippen molar-refractivity contribution in [1.29, 1.82) is 0 Å². The van der Waals surface area contributed by atoms with E-state index in [1.807, 2.05) is 24.3 Å². The summed E-state index contributed by atoms with van der Waals surface area (Å²) < 4.78 is 45.9. The van der Waals surface area contributed by atoms with Crippen LogP contribution in [0.4, 0.5) is 24.5 Å². The van der Waals surface area contributed by atoms with Gasteiger partial charge in [-0.2, -0.15) is 0 Å². The highest BCUT2D eigenvalue weighted by atomic mass is 127. The fourth-order valence-electron chi connectivity index (χ4n) is 11.0. The van der Waals surface area contributed by atoms with Crippen LogP contribution in [0.15, 0.2) is 169 Å². The normalized spacial score (nSPS) is 23.2. The van der Waals surface area contributed by atoms with Crippen LogP contribution in [0.5, 0.6) is 0 Å². The lowest BCUT2D eigenvalue weighted by Gasteiger charge is -2.38. The van der Waals surface area contributed by atoms with Crippen LogP contribution in [-0.2, 0) is 11.8 Å². The molecule has 0 saturated heterocycles. The molecule has 5 aromatic rings. The van der Waals surface area contributed by atoms with E-state index in [4.69, 9.17) is 0 Å². The second-order valence-corrected chi connectivity index (χ2v) is 19.1. The Morgan fingerprint density at radius 2 is 1.56 bits per heavy atom. The average molecular weight is 918 g/mol. The topological polar surface area (TPSA) is 3.24 Å². The largest absolute Gasteiger partial charge is 0.314 e. The van der Waals surface area contributed by atoms with Gasteiger partial charge in [-0.15, -0.1) is 0 Å². The third-order valence-corrected chi connectivity index (χ3v) is 15.4. The van der Waals surface area contributed by atoms with Crippen LogP contribution in [0.1, 0.15) is 85.1 Å². The molecule has 5 aromatic carbocycles. The highest BCUT2D eigenvalue weighted by Crippen LogP contribution is 2.57. The van der Waals surface area contributed by atoms with Crippen LogP contribution in [-0.4, -0.2) is 0 Å². The molecule has 5 unspecified atom stereocenters. The summed E-state index contributed by atoms with van der Waals surface area (Å²) in [4.78, 5) is 2.48. The third kappa shape index (κ3) is 6.65. The standard InChI is InChI=1S/C56H47F3IN/c1-56(38-13-5-2-6-14-38,39-15-7-3-8-16-39)40-26-28-43-46(30-34-20-22-35(23-21-34)50-51(36-24-25-36)53(58)55(60)54(59)52(50)57)44-29-27-42(33-48(44)47(43)32-40)61(41-17-9-4-10-18-41)49-19-11-12-37-31-45(37)49/h2-7,9-15,17-23,26-27,29,32-33,36-37,43,45-46H,8,16,24-25,28,30-31H2,1H3. The van der Waals surface area contributed by atoms with E-state index in [2.05, 4.69) is 139 Å². The lowest BCUT2D eigenvalue weighted by Crippen LogP contribution is -2.29. The van der Waals surface area contributed by atoms with Gasteiger partial charge in [0.2, 0.25) is 0 Å². The van der Waals surface area contributed by atoms with Crippen LogP contribution in [0.3, 0.4) is 0 Å². The second kappa shape index (κ2) is 15.3. The Kier molecular flexibility index (Phi) is 9.75. The Labute approximate surface area is 370 Å². The lowest BCUT2D eigenvalue weighted by atomic mass is 9.65. The first kappa shape index (κ1) is 38.8. The molecule has 0 spiro atoms. The van der Waals surface area contributed by atoms with Gasteiger partial charge in [0.25, 0.3) is 0 Å². The molecule has 304 valence electrons. The van der Waals surface area contributed by atoms with Crippen LogP contribution >= 0.6 is 22.6 Å². The SMILES string of the molecule is CC(C1=CCC2C(=C1)c1cc(N(C3=CC=CC4CC34)c3ccccc3)ccc1C2Cc1ccc(-c2c(F)c(F)c(I)c(F)c2C2CC2)cc1)(C1=CC=CCC1)c1ccccc1. The molecule has 0 amide bonds. The van der Waals surface area contributed by atoms with E-state index in [1.165, 1.54) is 56.9 Å². The van der Waals surface area contributed by atoms with Crippen molar-refractivity contribution in [3.05, 3.63) is 217 Å². The Hall–Kier alpha value is -5.14. The average Bonchev–Trinajstić information content (AvgIpc) is 4.26. The first-order valence-corrected chi connectivity index (χ1v) is 23.0. The van der Waals surface area contributed by atoms with Gasteiger partial charge in [0, 0.05) is 39.5 Å². The molecule has 2 saturated carbocycles. The van der Waals surface area contributed by atoms with E-state index in [0.717, 1.165) is 44.1 Å². The van der Waals surface area contributed by atoms with E-state index in [1.54, 1.807) is 22.6 Å². The van der Waals surface area contributed by atoms with Gasteiger partial charge in [-0.25, -0.2) is 13.2 Å². The molecule has 2 fully saturated rings. The number of halogens is 4. The molecule has 0 N–H and O–H groups in total. The van der Waals surface area contributed by atoms with Crippen LogP contribution in [0, 0.1) is 38.8 Å². The van der Waals surface area contributed by atoms with Crippen molar-refractivity contribution in [2.75, 3.05) is 4.90 Å². The predicted molar refractivity (Wildman–Crippen MR) is 251 cm³/mol. The van der Waals surface area contributed by atoms with Crippen molar-refractivity contribution >= 4 is 39.5 Å². The zero-order valence-electron chi connectivity index (χ0n) is 34.2. The van der Waals surface area contributed by atoms with Gasteiger partial charge < -0.3 is 4.90 Å². The maximum Gasteiger partial charge on any atom is 0.175 e. The molecule has 11 rings (SSSR count). The number of fused-ring (bicyclic) bond motifs is 4. The lowest BCUT2D eigenvalue weighted by molar-refractivity contribution is 0.485. The monoisotopic (exact) mass is 917 g/mol. The van der Waals surface area contributed by atoms with Crippen LogP contribution in [0.2, 0.25) is 0 Å². The van der Waals surface area contributed by atoms with Gasteiger partial charge in [0.05, 0.1) is 3.57 Å². The first-order chi connectivity index (χ1) is 29.8. The summed E-state index contributed by atoms with van der Waals surface area (Å²) in [5.74, 6) is -1.15. The Bertz CT molecular complexity index is 2750. The molecular weight excluding hydrogens is 871 g/mol. The quantitative estimate of drug-likeness (QED) is 0.0766. The van der Waals surface area contributed by atoms with Gasteiger partial charge in [0.1, 0.15) is 5.82 Å². The molecule has 0 radical (unpaired) electrons. The van der Waals surface area contributed by atoms with E-state index in [-0.39, 0.29) is 32.3 Å². The Morgan fingerprint density at radius 1 is 0.787 bits per heavy atom. The van der Waals surface area contributed by atoms with Crippen molar-refractivity contribution in [2.45, 2.75) is 69.1 Å². The highest BCUT2D eigenvalue weighted by molar-refractivity contribution is 14.1. The predicted octanol–water partition coefficient (Wildman–Crippen LogP) is 15.4. The van der Waals surface area contributed by atoms with E-state index < -0.39 is 17.5 Å². The van der Waals surface area contributed by atoms with Gasteiger partial charge in [-0.05, 0) is 167 Å². The molecule has 5 atom stereocenters. The van der Waals surface area contributed by atoms with E-state index >= 15 is 13.2 Å². The van der Waals surface area contributed by atoms with Crippen molar-refractivity contribution < 1.29 is 13.2 Å². The molecule has 61 heavy (non-hydrogen) atoms. The van der Waals surface area contributed by atoms with E-state index in [0.29, 0.717) is 23.0 Å². The van der Waals surface area contributed by atoms with Crippen molar-refractivity contribution in [3.63, 3.8) is 0 Å². The number of nitrogens with zero attached hydrogens (tertiary/aromatic N) is 1. The Morgan fingerprint density at radius 3 is 2.30 bits per heavy atom. The summed E-state index contributed by atoms with van der Waals surface area (Å²) in [5.41, 5.74) is 13.6. The fourth-order valence-corrected chi connectivity index (χ4v) is 11.5. The smallest absolute Gasteiger partial charge is 0.175 e. The second-order valence-electron chi connectivity index (χ2n) is 18.0. The molecule has 0 aromatic heterocycles. The van der Waals surface area contributed by atoms with Crippen LogP contribution in [0.25, 0.3) is 16.7 Å². The number of para-hydroxylation sites is 1. The van der Waals surface area contributed by atoms with Crippen LogP contribution < -0.4 is 4.90 Å². The minimum absolute atomic E-state index is 0.0726. The molecule has 1 nitrogen and oxygen atoms in total. The first-order valence-electron chi connectivity index (χ1n) is 22.0. The maximum atomic E-state index is 15.7. The number of anilines is 2. The zero-order valence-corrected chi connectivity index (χ0v) is 36.4. The van der Waals surface area contributed by atoms with Crippen molar-refractivity contribution in [1.82, 2.24) is 0 Å². The molecule has 0 bridgehead atoms. The minimum atomic E-state index is -1.11. The summed E-state index contributed by atoms with van der Waals surface area (Å²) in [7, 11) is 0. The molecule has 6 aliphatic carbocycles. The molecule has 6 aliphatic rings. The minimum Gasteiger partial charge on any atom is -0.314 e. The molecule has 0 heterocycles. The van der Waals surface area contributed by atoms with Gasteiger partial charge in [-0.1, -0.05) is 127 Å². The molecule has 0 aliphatic heterocycles. The number of benzene rings is 5. The summed E-state index contributed by atoms with van der Waals surface area (Å²) in [6.45, 7) is 2.41. The van der Waals surface area contributed by atoms with Gasteiger partial charge >= 0.3 is 0 Å². The summed E-state index contributed by atoms with van der Waals surface area (Å²) in [6, 6.07) is 36.7. The number of rotatable bonds is 10. The van der Waals surface area contributed by atoms with Gasteiger partial charge in [0.15, 0.2) is 11.6 Å². The number of allylic oxidation sites excluding steroid dienone is 12. The maximum absolute atomic E-state index is 15.7. The number of hydrogen-bond donors (Lipinski definition) is 0.